The molecule has 0 aromatic heterocycles. The Hall–Kier alpha value is -3.61. The third-order valence-electron chi connectivity index (χ3n) is 7.64. The lowest BCUT2D eigenvalue weighted by Gasteiger charge is -2.47. The topological polar surface area (TPSA) is 198 Å². The second-order valence-corrected chi connectivity index (χ2v) is 18.7. The SMILES string of the molecule is COc1ccc(C(=O)O[C@@H]2C[C@@H](OC(C)=O)[C@H](O[C@H]3[C@H](OC(C)=O)[C@@H](OC(C)=O)[C@H](OCC[Si](C)(C)C)O[C@@H]3COC(C)=O)O[C@@H]2CO)cc1. The highest BCUT2D eigenvalue weighted by molar-refractivity contribution is 6.76. The molecular weight excluding hydrogens is 680 g/mol. The summed E-state index contributed by atoms with van der Waals surface area (Å²) in [5, 5.41) is 10.3. The van der Waals surface area contributed by atoms with E-state index in [4.69, 9.17) is 47.4 Å². The van der Waals surface area contributed by atoms with E-state index in [0.29, 0.717) is 5.75 Å². The summed E-state index contributed by atoms with van der Waals surface area (Å²) in [5.41, 5.74) is 0.194. The number of carbonyl (C=O) groups excluding carboxylic acids is 5. The van der Waals surface area contributed by atoms with Crippen LogP contribution in [0.25, 0.3) is 0 Å². The van der Waals surface area contributed by atoms with Crippen LogP contribution >= 0.6 is 0 Å². The number of aliphatic hydroxyl groups excluding tert-OH is 1. The van der Waals surface area contributed by atoms with Crippen molar-refractivity contribution in [2.24, 2.45) is 0 Å². The lowest BCUT2D eigenvalue weighted by molar-refractivity contribution is -0.350. The molecule has 0 radical (unpaired) electrons. The molecule has 16 nitrogen and oxygen atoms in total. The molecule has 2 aliphatic rings. The van der Waals surface area contributed by atoms with Crippen LogP contribution in [-0.2, 0) is 61.8 Å². The quantitative estimate of drug-likeness (QED) is 0.156. The second-order valence-electron chi connectivity index (χ2n) is 13.1. The summed E-state index contributed by atoms with van der Waals surface area (Å²) >= 11 is 0. The molecule has 0 aliphatic carbocycles. The number of ether oxygens (including phenoxy) is 10. The fourth-order valence-corrected chi connectivity index (χ4v) is 6.01. The molecule has 1 aromatic carbocycles. The van der Waals surface area contributed by atoms with Crippen LogP contribution in [0.15, 0.2) is 24.3 Å². The molecule has 2 saturated heterocycles. The van der Waals surface area contributed by atoms with E-state index in [2.05, 4.69) is 19.6 Å². The van der Waals surface area contributed by atoms with Crippen LogP contribution < -0.4 is 4.74 Å². The number of aliphatic hydroxyl groups is 1. The van der Waals surface area contributed by atoms with Crippen molar-refractivity contribution >= 4 is 37.9 Å². The highest BCUT2D eigenvalue weighted by Crippen LogP contribution is 2.34. The lowest BCUT2D eigenvalue weighted by atomic mass is 9.97. The molecule has 0 amide bonds. The van der Waals surface area contributed by atoms with Gasteiger partial charge < -0.3 is 52.5 Å². The van der Waals surface area contributed by atoms with Crippen LogP contribution in [0.4, 0.5) is 0 Å². The molecule has 17 heteroatoms. The Bertz CT molecular complexity index is 1310. The zero-order valence-electron chi connectivity index (χ0n) is 29.6. The summed E-state index contributed by atoms with van der Waals surface area (Å²) in [4.78, 5) is 61.8. The number of esters is 5. The van der Waals surface area contributed by atoms with Gasteiger partial charge in [0.2, 0.25) is 0 Å². The maximum Gasteiger partial charge on any atom is 0.338 e. The normalized spacial score (nSPS) is 28.1. The van der Waals surface area contributed by atoms with E-state index in [1.807, 2.05) is 0 Å². The monoisotopic (exact) mass is 728 g/mol. The average Bonchev–Trinajstić information content (AvgIpc) is 3.02. The van der Waals surface area contributed by atoms with E-state index in [0.717, 1.165) is 26.8 Å². The average molecular weight is 729 g/mol. The Kier molecular flexibility index (Phi) is 15.2. The molecule has 0 spiro atoms. The van der Waals surface area contributed by atoms with E-state index >= 15 is 0 Å². The first-order chi connectivity index (χ1) is 23.5. The van der Waals surface area contributed by atoms with Gasteiger partial charge in [-0.1, -0.05) is 19.6 Å². The highest BCUT2D eigenvalue weighted by Gasteiger charge is 2.54. The molecular formula is C33H48O16Si. The van der Waals surface area contributed by atoms with Gasteiger partial charge in [-0.2, -0.15) is 0 Å². The van der Waals surface area contributed by atoms with E-state index in [1.54, 1.807) is 12.1 Å². The zero-order chi connectivity index (χ0) is 37.2. The summed E-state index contributed by atoms with van der Waals surface area (Å²) in [6.45, 7) is 10.3. The summed E-state index contributed by atoms with van der Waals surface area (Å²) in [5.74, 6) is -3.09. The van der Waals surface area contributed by atoms with Crippen molar-refractivity contribution in [3.8, 4) is 5.75 Å². The minimum absolute atomic E-state index is 0.173. The predicted octanol–water partition coefficient (Wildman–Crippen LogP) is 2.15. The third-order valence-corrected chi connectivity index (χ3v) is 9.35. The molecule has 2 fully saturated rings. The van der Waals surface area contributed by atoms with Crippen LogP contribution in [0.2, 0.25) is 25.7 Å². The van der Waals surface area contributed by atoms with Crippen LogP contribution in [0.5, 0.6) is 5.75 Å². The summed E-state index contributed by atoms with van der Waals surface area (Å²) in [6.07, 6.45) is -11.7. The molecule has 2 aliphatic heterocycles. The number of rotatable bonds is 15. The first-order valence-corrected chi connectivity index (χ1v) is 19.9. The first kappa shape index (κ1) is 40.8. The number of hydrogen-bond donors (Lipinski definition) is 1. The summed E-state index contributed by atoms with van der Waals surface area (Å²) in [7, 11) is -0.0997. The number of hydrogen-bond acceptors (Lipinski definition) is 16. The number of benzene rings is 1. The van der Waals surface area contributed by atoms with Gasteiger partial charge in [0, 0.05) is 48.8 Å². The van der Waals surface area contributed by atoms with E-state index in [9.17, 15) is 29.1 Å². The number of carbonyl (C=O) groups is 5. The van der Waals surface area contributed by atoms with Crippen LogP contribution in [0, 0.1) is 0 Å². The van der Waals surface area contributed by atoms with Crippen molar-refractivity contribution in [2.75, 3.05) is 26.9 Å². The maximum absolute atomic E-state index is 13.0. The predicted molar refractivity (Wildman–Crippen MR) is 173 cm³/mol. The van der Waals surface area contributed by atoms with Crippen LogP contribution in [0.1, 0.15) is 44.5 Å². The van der Waals surface area contributed by atoms with Crippen molar-refractivity contribution in [3.63, 3.8) is 0 Å². The Morgan fingerprint density at radius 3 is 1.90 bits per heavy atom. The highest BCUT2D eigenvalue weighted by atomic mass is 28.3. The Labute approximate surface area is 291 Å². The lowest BCUT2D eigenvalue weighted by Crippen LogP contribution is -2.64. The standard InChI is InChI=1S/C33H48O16Si/c1-18(35)42-17-27-28(29(44-20(3)37)30(45-21(4)38)33(48-27)41-13-14-50(6,7)8)49-32-25(43-19(2)36)15-24(26(16-34)47-32)46-31(39)22-9-11-23(40-5)12-10-22/h9-12,24-30,32-34H,13-17H2,1-8H3/t24-,25-,26-,27-,28-,29+,30-,32+,33-/m1/s1. The van der Waals surface area contributed by atoms with Gasteiger partial charge in [0.15, 0.2) is 30.9 Å². The molecule has 0 unspecified atom stereocenters. The second kappa shape index (κ2) is 18.6. The van der Waals surface area contributed by atoms with Crippen molar-refractivity contribution in [3.05, 3.63) is 29.8 Å². The van der Waals surface area contributed by atoms with Gasteiger partial charge in [-0.25, -0.2) is 4.79 Å². The molecule has 9 atom stereocenters. The van der Waals surface area contributed by atoms with Gasteiger partial charge in [0.25, 0.3) is 0 Å². The zero-order valence-corrected chi connectivity index (χ0v) is 30.6. The van der Waals surface area contributed by atoms with Gasteiger partial charge in [0.05, 0.1) is 19.3 Å². The minimum Gasteiger partial charge on any atom is -0.497 e. The minimum atomic E-state index is -1.58. The van der Waals surface area contributed by atoms with E-state index in [1.165, 1.54) is 26.2 Å². The van der Waals surface area contributed by atoms with Crippen LogP contribution in [0.3, 0.4) is 0 Å². The summed E-state index contributed by atoms with van der Waals surface area (Å²) < 4.78 is 57.3. The number of methoxy groups -OCH3 is 1. The van der Waals surface area contributed by atoms with Crippen LogP contribution in [-0.4, -0.2) is 125 Å². The Morgan fingerprint density at radius 1 is 0.760 bits per heavy atom. The Morgan fingerprint density at radius 2 is 1.36 bits per heavy atom. The molecule has 1 aromatic rings. The Balaban J connectivity index is 1.95. The summed E-state index contributed by atoms with van der Waals surface area (Å²) in [6, 6.07) is 6.87. The van der Waals surface area contributed by atoms with Crippen molar-refractivity contribution in [2.45, 2.75) is 115 Å². The van der Waals surface area contributed by atoms with Gasteiger partial charge in [0.1, 0.15) is 36.8 Å². The smallest absolute Gasteiger partial charge is 0.338 e. The molecule has 2 heterocycles. The fourth-order valence-electron chi connectivity index (χ4n) is 5.28. The van der Waals surface area contributed by atoms with Crippen molar-refractivity contribution in [1.82, 2.24) is 0 Å². The van der Waals surface area contributed by atoms with Gasteiger partial charge >= 0.3 is 29.8 Å². The molecule has 0 saturated carbocycles. The van der Waals surface area contributed by atoms with Gasteiger partial charge in [-0.3, -0.25) is 19.2 Å². The first-order valence-electron chi connectivity index (χ1n) is 16.2. The fraction of sp³-hybridized carbons (Fsp3) is 0.667. The largest absolute Gasteiger partial charge is 0.497 e. The molecule has 50 heavy (non-hydrogen) atoms. The molecule has 0 bridgehead atoms. The van der Waals surface area contributed by atoms with E-state index < -0.39 is 106 Å². The maximum atomic E-state index is 13.0. The third kappa shape index (κ3) is 12.3. The van der Waals surface area contributed by atoms with Gasteiger partial charge in [-0.15, -0.1) is 0 Å². The molecule has 1 N–H and O–H groups in total. The van der Waals surface area contributed by atoms with E-state index in [-0.39, 0.29) is 18.6 Å². The molecule has 3 rings (SSSR count). The van der Waals surface area contributed by atoms with Crippen molar-refractivity contribution in [1.29, 1.82) is 0 Å². The van der Waals surface area contributed by atoms with Gasteiger partial charge in [-0.05, 0) is 30.3 Å². The molecule has 280 valence electrons. The van der Waals surface area contributed by atoms with Crippen molar-refractivity contribution < 1.29 is 76.4 Å².